The molecule has 5 N–H and O–H groups in total. The van der Waals surface area contributed by atoms with Crippen LogP contribution in [-0.4, -0.2) is 86.9 Å². The first-order valence-electron chi connectivity index (χ1n) is 31.1. The van der Waals surface area contributed by atoms with E-state index < -0.39 is 61.4 Å². The van der Waals surface area contributed by atoms with Crippen molar-refractivity contribution in [1.29, 1.82) is 0 Å². The first-order chi connectivity index (χ1) is 37.4. The minimum Gasteiger partial charge on any atom is -0.384 e. The number of unbranched alkanes of at least 4 members (excludes halogenated alkanes) is 35. The predicted molar refractivity (Wildman–Crippen MR) is 296 cm³/mol. The first-order valence-corrected chi connectivity index (χ1v) is 31.1. The van der Waals surface area contributed by atoms with E-state index in [1.54, 1.807) is 0 Å². The minimum atomic E-state index is -4.45. The quantitative estimate of drug-likeness (QED) is 0.0309. The lowest BCUT2D eigenvalue weighted by atomic mass is 10.0. The van der Waals surface area contributed by atoms with Crippen LogP contribution in [0.2, 0.25) is 0 Å². The number of halogens is 15. The van der Waals surface area contributed by atoms with Crippen LogP contribution in [0.5, 0.6) is 0 Å². The molecule has 0 aromatic carbocycles. The molecular formula is C60H115F15O5. The Labute approximate surface area is 475 Å². The molecule has 5 nitrogen and oxygen atoms in total. The van der Waals surface area contributed by atoms with E-state index in [4.69, 9.17) is 25.5 Å². The van der Waals surface area contributed by atoms with Gasteiger partial charge in [-0.3, -0.25) is 0 Å². The van der Waals surface area contributed by atoms with Gasteiger partial charge in [-0.25, -0.2) is 0 Å². The van der Waals surface area contributed by atoms with E-state index in [1.165, 1.54) is 116 Å². The zero-order chi connectivity index (χ0) is 62.2. The third kappa shape index (κ3) is 71.0. The average molecular weight is 1200 g/mol. The topological polar surface area (TPSA) is 101 Å². The summed E-state index contributed by atoms with van der Waals surface area (Å²) in [5, 5.41) is 43.6. The smallest absolute Gasteiger partial charge is 0.384 e. The Hall–Kier alpha value is -1.25. The normalized spacial score (nSPS) is 14.1. The molecule has 0 aliphatic heterocycles. The van der Waals surface area contributed by atoms with Crippen LogP contribution in [-0.2, 0) is 0 Å². The molecule has 0 radical (unpaired) electrons. The van der Waals surface area contributed by atoms with Crippen LogP contribution < -0.4 is 0 Å². The maximum absolute atomic E-state index is 12.0. The van der Waals surface area contributed by atoms with Gasteiger partial charge in [0.25, 0.3) is 0 Å². The predicted octanol–water partition coefficient (Wildman–Crippen LogP) is 22.2. The number of aliphatic hydroxyl groups is 5. The van der Waals surface area contributed by atoms with E-state index in [1.807, 2.05) is 0 Å². The number of hydrogen-bond acceptors (Lipinski definition) is 5. The van der Waals surface area contributed by atoms with E-state index in [0.29, 0.717) is 32.1 Å². The van der Waals surface area contributed by atoms with Gasteiger partial charge in [0, 0.05) is 0 Å². The van der Waals surface area contributed by atoms with Crippen molar-refractivity contribution in [2.24, 2.45) is 0 Å². The van der Waals surface area contributed by atoms with Gasteiger partial charge in [-0.15, -0.1) is 0 Å². The van der Waals surface area contributed by atoms with Gasteiger partial charge in [-0.1, -0.05) is 291 Å². The molecule has 0 spiro atoms. The molecule has 0 aromatic rings. The van der Waals surface area contributed by atoms with Crippen LogP contribution >= 0.6 is 0 Å². The Morgan fingerprint density at radius 1 is 0.175 bits per heavy atom. The second-order valence-corrected chi connectivity index (χ2v) is 21.6. The third-order valence-electron chi connectivity index (χ3n) is 13.5. The van der Waals surface area contributed by atoms with Crippen molar-refractivity contribution in [3.8, 4) is 0 Å². The summed E-state index contributed by atoms with van der Waals surface area (Å²) in [6.07, 6.45) is 7.42. The summed E-state index contributed by atoms with van der Waals surface area (Å²) in [5.41, 5.74) is 0. The molecule has 0 saturated carbocycles. The van der Waals surface area contributed by atoms with Crippen molar-refractivity contribution in [3.05, 3.63) is 0 Å². The standard InChI is InChI=1S/C14H27F3O.C13H25F3O.C12H23F3O.C11H21F3O.C10H19F3O/c1-2-3-4-5-6-7-8-9-10-11-12-13(18)14(15,16)17;1-2-3-4-5-6-7-8-9-10-11-12(17)13(14,15)16;1-2-3-4-5-6-7-8-9-10-11(16)12(13,14)15;1-2-3-4-5-6-7-8-9-10(15)11(12,13)14;1-2-3-4-5-6-7-8-9(14)10(11,12)13/h13,18H,2-12H2,1H3;12,17H,2-11H2,1H3;11,16H,2-10H2,1H3;10,15H,2-9H2,1H3;9,14H,2-8H2,1H3. The molecule has 5 unspecified atom stereocenters. The summed E-state index contributed by atoms with van der Waals surface area (Å²) < 4.78 is 179. The van der Waals surface area contributed by atoms with Crippen molar-refractivity contribution >= 4 is 0 Å². The highest BCUT2D eigenvalue weighted by molar-refractivity contribution is 4.68. The Morgan fingerprint density at radius 3 is 0.350 bits per heavy atom. The summed E-state index contributed by atoms with van der Waals surface area (Å²) in [6.45, 7) is 10.7. The van der Waals surface area contributed by atoms with E-state index in [0.717, 1.165) is 109 Å². The highest BCUT2D eigenvalue weighted by Gasteiger charge is 2.40. The molecule has 0 saturated heterocycles. The fraction of sp³-hybridized carbons (Fsp3) is 1.00. The number of hydrogen-bond donors (Lipinski definition) is 5. The molecular weight excluding hydrogens is 1090 g/mol. The van der Waals surface area contributed by atoms with Crippen molar-refractivity contribution < 1.29 is 91.4 Å². The fourth-order valence-electron chi connectivity index (χ4n) is 8.18. The van der Waals surface area contributed by atoms with Gasteiger partial charge in [0.15, 0.2) is 0 Å². The van der Waals surface area contributed by atoms with Crippen LogP contribution in [0, 0.1) is 0 Å². The second-order valence-electron chi connectivity index (χ2n) is 21.6. The van der Waals surface area contributed by atoms with Crippen LogP contribution in [0.15, 0.2) is 0 Å². The van der Waals surface area contributed by atoms with Gasteiger partial charge >= 0.3 is 30.9 Å². The van der Waals surface area contributed by atoms with E-state index >= 15 is 0 Å². The maximum atomic E-state index is 12.0. The summed E-state index contributed by atoms with van der Waals surface area (Å²) in [4.78, 5) is 0. The molecule has 0 amide bonds. The van der Waals surface area contributed by atoms with Crippen molar-refractivity contribution in [2.75, 3.05) is 0 Å². The largest absolute Gasteiger partial charge is 0.414 e. The lowest BCUT2D eigenvalue weighted by Gasteiger charge is -2.13. The van der Waals surface area contributed by atoms with Crippen LogP contribution in [0.25, 0.3) is 0 Å². The number of alkyl halides is 15. The maximum Gasteiger partial charge on any atom is 0.414 e. The van der Waals surface area contributed by atoms with E-state index in [-0.39, 0.29) is 32.1 Å². The van der Waals surface area contributed by atoms with Gasteiger partial charge in [0.1, 0.15) is 30.5 Å². The molecule has 0 aliphatic rings. The Kier molecular flexibility index (Phi) is 63.6. The van der Waals surface area contributed by atoms with Gasteiger partial charge in [-0.05, 0) is 32.1 Å². The second kappa shape index (κ2) is 58.1. The van der Waals surface area contributed by atoms with Crippen LogP contribution in [0.4, 0.5) is 65.9 Å². The summed E-state index contributed by atoms with van der Waals surface area (Å²) in [7, 11) is 0. The lowest BCUT2D eigenvalue weighted by molar-refractivity contribution is -0.206. The number of rotatable bonds is 45. The highest BCUT2D eigenvalue weighted by atomic mass is 19.4. The molecule has 0 bridgehead atoms. The zero-order valence-electron chi connectivity index (χ0n) is 50.1. The Balaban J connectivity index is -0.000000294. The van der Waals surface area contributed by atoms with Crippen molar-refractivity contribution in [1.82, 2.24) is 0 Å². The van der Waals surface area contributed by atoms with Gasteiger partial charge in [0.05, 0.1) is 0 Å². The van der Waals surface area contributed by atoms with Crippen LogP contribution in [0.1, 0.15) is 324 Å². The molecule has 0 heterocycles. The monoisotopic (exact) mass is 1200 g/mol. The van der Waals surface area contributed by atoms with Crippen molar-refractivity contribution in [3.63, 3.8) is 0 Å². The SMILES string of the molecule is CCCCCCCCC(O)C(F)(F)F.CCCCCCCCCC(O)C(F)(F)F.CCCCCCCCCCC(O)C(F)(F)F.CCCCCCCCCCCC(O)C(F)(F)F.CCCCCCCCCCCCC(O)C(F)(F)F. The third-order valence-corrected chi connectivity index (χ3v) is 13.5. The number of aliphatic hydroxyl groups excluding tert-OH is 5. The Morgan fingerprint density at radius 2 is 0.263 bits per heavy atom. The van der Waals surface area contributed by atoms with Gasteiger partial charge in [0.2, 0.25) is 0 Å². The molecule has 80 heavy (non-hydrogen) atoms. The summed E-state index contributed by atoms with van der Waals surface area (Å²) >= 11 is 0. The van der Waals surface area contributed by atoms with Crippen molar-refractivity contribution in [2.45, 2.75) is 385 Å². The van der Waals surface area contributed by atoms with Gasteiger partial charge in [-0.2, -0.15) is 65.9 Å². The van der Waals surface area contributed by atoms with Crippen LogP contribution in [0.3, 0.4) is 0 Å². The van der Waals surface area contributed by atoms with E-state index in [2.05, 4.69) is 34.6 Å². The molecule has 0 aromatic heterocycles. The molecule has 0 fully saturated rings. The van der Waals surface area contributed by atoms with Gasteiger partial charge < -0.3 is 25.5 Å². The summed E-state index contributed by atoms with van der Waals surface area (Å²) in [6, 6.07) is 0. The molecule has 0 rings (SSSR count). The zero-order valence-corrected chi connectivity index (χ0v) is 50.1. The fourth-order valence-corrected chi connectivity index (χ4v) is 8.18. The molecule has 20 heteroatoms. The summed E-state index contributed by atoms with van der Waals surface area (Å²) in [5.74, 6) is 0. The Bertz CT molecular complexity index is 1200. The minimum absolute atomic E-state index is 0.153. The lowest BCUT2D eigenvalue weighted by Crippen LogP contribution is -2.28. The average Bonchev–Trinajstić information content (AvgIpc) is 3.37. The molecule has 490 valence electrons. The first kappa shape index (κ1) is 87.5. The van der Waals surface area contributed by atoms with E-state index in [9.17, 15) is 65.9 Å². The molecule has 5 atom stereocenters. The molecule has 0 aliphatic carbocycles. The highest BCUT2D eigenvalue weighted by Crippen LogP contribution is 2.28.